The molecule has 2 saturated heterocycles. The Balaban J connectivity index is 1.56. The van der Waals surface area contributed by atoms with E-state index in [2.05, 4.69) is 47.8 Å². The number of aliphatic hydroxyl groups is 1. The van der Waals surface area contributed by atoms with Crippen molar-refractivity contribution in [1.82, 2.24) is 19.7 Å². The highest BCUT2D eigenvalue weighted by Crippen LogP contribution is 2.26. The van der Waals surface area contributed by atoms with Gasteiger partial charge in [0, 0.05) is 49.7 Å². The van der Waals surface area contributed by atoms with Crippen molar-refractivity contribution in [3.63, 3.8) is 0 Å². The Morgan fingerprint density at radius 1 is 1.15 bits per heavy atom. The van der Waals surface area contributed by atoms with E-state index >= 15 is 0 Å². The third-order valence-corrected chi connectivity index (χ3v) is 7.14. The molecular weight excluding hydrogens is 356 g/mol. The van der Waals surface area contributed by atoms with Crippen LogP contribution in [0.3, 0.4) is 0 Å². The van der Waals surface area contributed by atoms with Crippen molar-refractivity contribution in [3.05, 3.63) is 16.1 Å². The largest absolute Gasteiger partial charge is 0.396 e. The predicted octanol–water partition coefficient (Wildman–Crippen LogP) is 3.01. The lowest BCUT2D eigenvalue weighted by Crippen LogP contribution is -2.58. The molecule has 2 aliphatic heterocycles. The maximum Gasteiger partial charge on any atom is 0.107 e. The summed E-state index contributed by atoms with van der Waals surface area (Å²) in [6, 6.07) is 1.82. The van der Waals surface area contributed by atoms with Crippen LogP contribution in [0.1, 0.15) is 63.6 Å². The van der Waals surface area contributed by atoms with E-state index in [0.717, 1.165) is 32.6 Å². The molecular formula is C21H38N4OS. The predicted molar refractivity (Wildman–Crippen MR) is 113 cm³/mol. The number of rotatable bonds is 7. The molecule has 0 saturated carbocycles. The second kappa shape index (κ2) is 9.79. The molecule has 1 N–H and O–H groups in total. The molecule has 0 aliphatic carbocycles. The molecule has 0 spiro atoms. The van der Waals surface area contributed by atoms with Gasteiger partial charge in [0.25, 0.3) is 0 Å². The zero-order chi connectivity index (χ0) is 19.4. The molecule has 5 nitrogen and oxygen atoms in total. The average molecular weight is 395 g/mol. The van der Waals surface area contributed by atoms with Gasteiger partial charge in [-0.1, -0.05) is 13.8 Å². The van der Waals surface area contributed by atoms with Crippen molar-refractivity contribution < 1.29 is 5.11 Å². The third kappa shape index (κ3) is 5.51. The van der Waals surface area contributed by atoms with Crippen LogP contribution in [0, 0.1) is 0 Å². The molecule has 0 amide bonds. The van der Waals surface area contributed by atoms with E-state index in [1.54, 1.807) is 11.3 Å². The van der Waals surface area contributed by atoms with Crippen molar-refractivity contribution in [2.75, 3.05) is 39.3 Å². The summed E-state index contributed by atoms with van der Waals surface area (Å²) in [5.74, 6) is 0.505. The molecule has 3 rings (SSSR count). The minimum Gasteiger partial charge on any atom is -0.396 e. The summed E-state index contributed by atoms with van der Waals surface area (Å²) in [7, 11) is 0. The van der Waals surface area contributed by atoms with Crippen LogP contribution in [0.25, 0.3) is 0 Å². The second-order valence-corrected chi connectivity index (χ2v) is 9.76. The number of likely N-dealkylation sites (tertiary alicyclic amines) is 1. The minimum atomic E-state index is 0.286. The van der Waals surface area contributed by atoms with E-state index in [9.17, 15) is 5.11 Å². The Morgan fingerprint density at radius 2 is 1.89 bits per heavy atom. The SMILES string of the molecule is CC(C)c1csc(CN2CCN(C3CCN(C(C)C)CC3)[C@@H](CCO)C2)n1. The summed E-state index contributed by atoms with van der Waals surface area (Å²) in [6.07, 6.45) is 3.42. The van der Waals surface area contributed by atoms with E-state index in [-0.39, 0.29) is 6.61 Å². The van der Waals surface area contributed by atoms with Crippen LogP contribution >= 0.6 is 11.3 Å². The lowest BCUT2D eigenvalue weighted by atomic mass is 9.97. The second-order valence-electron chi connectivity index (χ2n) is 8.82. The monoisotopic (exact) mass is 394 g/mol. The third-order valence-electron chi connectivity index (χ3n) is 6.29. The lowest BCUT2D eigenvalue weighted by molar-refractivity contribution is -0.0000530. The first kappa shape index (κ1) is 21.2. The summed E-state index contributed by atoms with van der Waals surface area (Å²) in [4.78, 5) is 12.7. The highest BCUT2D eigenvalue weighted by atomic mass is 32.1. The first-order valence-corrected chi connectivity index (χ1v) is 11.6. The smallest absolute Gasteiger partial charge is 0.107 e. The molecule has 1 aromatic heterocycles. The van der Waals surface area contributed by atoms with Crippen LogP contribution < -0.4 is 0 Å². The van der Waals surface area contributed by atoms with Crippen molar-refractivity contribution in [2.24, 2.45) is 0 Å². The number of hydrogen-bond donors (Lipinski definition) is 1. The molecule has 2 aliphatic rings. The Kier molecular flexibility index (Phi) is 7.68. The number of piperidine rings is 1. The molecule has 27 heavy (non-hydrogen) atoms. The van der Waals surface area contributed by atoms with Gasteiger partial charge in [-0.2, -0.15) is 0 Å². The molecule has 0 aromatic carbocycles. The molecule has 1 aromatic rings. The first-order valence-electron chi connectivity index (χ1n) is 10.7. The van der Waals surface area contributed by atoms with E-state index in [4.69, 9.17) is 4.98 Å². The fourth-order valence-corrected chi connectivity index (χ4v) is 5.55. The number of aromatic nitrogens is 1. The molecule has 0 radical (unpaired) electrons. The van der Waals surface area contributed by atoms with Crippen molar-refractivity contribution in [3.8, 4) is 0 Å². The van der Waals surface area contributed by atoms with Gasteiger partial charge in [0.15, 0.2) is 0 Å². The standard InChI is InChI=1S/C21H38N4OS/c1-16(2)20-15-27-21(22-20)14-23-10-11-25(19(13-23)7-12-26)18-5-8-24(9-6-18)17(3)4/h15-19,26H,5-14H2,1-4H3/t19-/m0/s1. The van der Waals surface area contributed by atoms with Crippen LogP contribution in [0.4, 0.5) is 0 Å². The van der Waals surface area contributed by atoms with Crippen LogP contribution in [-0.4, -0.2) is 82.2 Å². The van der Waals surface area contributed by atoms with Gasteiger partial charge in [-0.25, -0.2) is 4.98 Å². The highest BCUT2D eigenvalue weighted by Gasteiger charge is 2.34. The highest BCUT2D eigenvalue weighted by molar-refractivity contribution is 7.09. The average Bonchev–Trinajstić information content (AvgIpc) is 3.11. The summed E-state index contributed by atoms with van der Waals surface area (Å²) in [6.45, 7) is 16.0. The maximum atomic E-state index is 9.63. The number of aliphatic hydroxyl groups excluding tert-OH is 1. The van der Waals surface area contributed by atoms with Crippen LogP contribution in [-0.2, 0) is 6.54 Å². The molecule has 3 heterocycles. The molecule has 154 valence electrons. The zero-order valence-corrected chi connectivity index (χ0v) is 18.4. The summed E-state index contributed by atoms with van der Waals surface area (Å²) in [5.41, 5.74) is 1.22. The van der Waals surface area contributed by atoms with E-state index in [1.165, 1.54) is 36.6 Å². The van der Waals surface area contributed by atoms with E-state index in [0.29, 0.717) is 24.0 Å². The summed E-state index contributed by atoms with van der Waals surface area (Å²) in [5, 5.41) is 13.1. The maximum absolute atomic E-state index is 9.63. The van der Waals surface area contributed by atoms with E-state index in [1.807, 2.05) is 0 Å². The van der Waals surface area contributed by atoms with Crippen molar-refractivity contribution in [1.29, 1.82) is 0 Å². The Morgan fingerprint density at radius 3 is 2.48 bits per heavy atom. The van der Waals surface area contributed by atoms with Crippen molar-refractivity contribution >= 4 is 11.3 Å². The Labute approximate surface area is 169 Å². The summed E-state index contributed by atoms with van der Waals surface area (Å²) < 4.78 is 0. The fraction of sp³-hybridized carbons (Fsp3) is 0.857. The van der Waals surface area contributed by atoms with Gasteiger partial charge in [-0.15, -0.1) is 11.3 Å². The molecule has 0 unspecified atom stereocenters. The molecule has 2 fully saturated rings. The molecule has 1 atom stereocenters. The quantitative estimate of drug-likeness (QED) is 0.770. The van der Waals surface area contributed by atoms with Crippen LogP contribution in [0.5, 0.6) is 0 Å². The van der Waals surface area contributed by atoms with Gasteiger partial charge in [0.1, 0.15) is 5.01 Å². The normalized spacial score (nSPS) is 24.3. The lowest BCUT2D eigenvalue weighted by Gasteiger charge is -2.48. The number of hydrogen-bond acceptors (Lipinski definition) is 6. The van der Waals surface area contributed by atoms with Crippen molar-refractivity contribution in [2.45, 2.75) is 77.5 Å². The molecule has 6 heteroatoms. The first-order chi connectivity index (χ1) is 13.0. The number of thiazole rings is 1. The van der Waals surface area contributed by atoms with Gasteiger partial charge >= 0.3 is 0 Å². The van der Waals surface area contributed by atoms with Gasteiger partial charge < -0.3 is 10.0 Å². The number of piperazine rings is 1. The topological polar surface area (TPSA) is 42.8 Å². The van der Waals surface area contributed by atoms with Gasteiger partial charge in [0.2, 0.25) is 0 Å². The minimum absolute atomic E-state index is 0.286. The Hall–Kier alpha value is -0.530. The van der Waals surface area contributed by atoms with E-state index < -0.39 is 0 Å². The zero-order valence-electron chi connectivity index (χ0n) is 17.6. The van der Waals surface area contributed by atoms with Crippen LogP contribution in [0.15, 0.2) is 5.38 Å². The van der Waals surface area contributed by atoms with Gasteiger partial charge in [-0.3, -0.25) is 9.80 Å². The summed E-state index contributed by atoms with van der Waals surface area (Å²) >= 11 is 1.80. The molecule has 0 bridgehead atoms. The van der Waals surface area contributed by atoms with Crippen LogP contribution in [0.2, 0.25) is 0 Å². The Bertz CT molecular complexity index is 568. The number of nitrogens with zero attached hydrogens (tertiary/aromatic N) is 4. The van der Waals surface area contributed by atoms with Gasteiger partial charge in [0.05, 0.1) is 12.2 Å². The van der Waals surface area contributed by atoms with Gasteiger partial charge in [-0.05, 0) is 52.1 Å². The fourth-order valence-electron chi connectivity index (χ4n) is 4.55.